The summed E-state index contributed by atoms with van der Waals surface area (Å²) >= 11 is 0. The van der Waals surface area contributed by atoms with Gasteiger partial charge in [0.15, 0.2) is 0 Å². The van der Waals surface area contributed by atoms with Crippen molar-refractivity contribution in [3.63, 3.8) is 0 Å². The minimum Gasteiger partial charge on any atom is -0.318 e. The summed E-state index contributed by atoms with van der Waals surface area (Å²) in [7, 11) is 0. The molecule has 7 nitrogen and oxygen atoms in total. The molecule has 2 heterocycles. The van der Waals surface area contributed by atoms with Gasteiger partial charge in [0, 0.05) is 18.4 Å². The average Bonchev–Trinajstić information content (AvgIpc) is 3.09. The van der Waals surface area contributed by atoms with Gasteiger partial charge in [-0.05, 0) is 38.1 Å². The van der Waals surface area contributed by atoms with Gasteiger partial charge in [0.1, 0.15) is 0 Å². The van der Waals surface area contributed by atoms with Crippen LogP contribution in [0.25, 0.3) is 0 Å². The van der Waals surface area contributed by atoms with Crippen LogP contribution in [0.15, 0.2) is 42.7 Å². The molecule has 1 aliphatic heterocycles. The zero-order valence-electron chi connectivity index (χ0n) is 14.1. The van der Waals surface area contributed by atoms with E-state index in [9.17, 15) is 9.59 Å². The quantitative estimate of drug-likeness (QED) is 0.815. The van der Waals surface area contributed by atoms with Gasteiger partial charge in [0.25, 0.3) is 0 Å². The highest BCUT2D eigenvalue weighted by atomic mass is 16.2. The highest BCUT2D eigenvalue weighted by Gasteiger charge is 2.15. The van der Waals surface area contributed by atoms with Gasteiger partial charge >= 0.3 is 11.8 Å². The van der Waals surface area contributed by atoms with Crippen molar-refractivity contribution in [3.8, 4) is 0 Å². The molecule has 0 spiro atoms. The Balaban J connectivity index is 1.47. The van der Waals surface area contributed by atoms with E-state index in [4.69, 9.17) is 0 Å². The molecule has 1 saturated heterocycles. The number of nitrogens with one attached hydrogen (secondary N) is 2. The molecule has 2 amide bonds. The normalized spacial score (nSPS) is 14.9. The standard InChI is InChI=1S/C18H23N5O2/c24-17(20-15-7-3-1-4-8-15)18(25)21-16-13-19-23(14-16)12-11-22-9-5-2-6-10-22/h1,3-4,7-8,13-14H,2,5-6,9-12H2,(H,20,24)(H,21,25). The molecule has 0 radical (unpaired) electrons. The molecule has 0 unspecified atom stereocenters. The lowest BCUT2D eigenvalue weighted by atomic mass is 10.1. The molecule has 25 heavy (non-hydrogen) atoms. The predicted octanol–water partition coefficient (Wildman–Crippen LogP) is 1.95. The summed E-state index contributed by atoms with van der Waals surface area (Å²) in [4.78, 5) is 26.3. The number of carbonyl (C=O) groups is 2. The Hall–Kier alpha value is -2.67. The lowest BCUT2D eigenvalue weighted by molar-refractivity contribution is -0.132. The van der Waals surface area contributed by atoms with Gasteiger partial charge < -0.3 is 15.5 Å². The summed E-state index contributed by atoms with van der Waals surface area (Å²) in [6.45, 7) is 4.00. The number of hydrogen-bond acceptors (Lipinski definition) is 4. The second-order valence-corrected chi connectivity index (χ2v) is 6.17. The van der Waals surface area contributed by atoms with Crippen molar-refractivity contribution >= 4 is 23.2 Å². The fraction of sp³-hybridized carbons (Fsp3) is 0.389. The van der Waals surface area contributed by atoms with Crippen LogP contribution in [-0.4, -0.2) is 46.1 Å². The summed E-state index contributed by atoms with van der Waals surface area (Å²) in [6, 6.07) is 8.88. The number of likely N-dealkylation sites (tertiary alicyclic amines) is 1. The van der Waals surface area contributed by atoms with E-state index in [1.807, 2.05) is 6.07 Å². The van der Waals surface area contributed by atoms with Gasteiger partial charge in [0.2, 0.25) is 0 Å². The fourth-order valence-electron chi connectivity index (χ4n) is 2.87. The lowest BCUT2D eigenvalue weighted by Gasteiger charge is -2.26. The van der Waals surface area contributed by atoms with Gasteiger partial charge in [-0.3, -0.25) is 14.3 Å². The summed E-state index contributed by atoms with van der Waals surface area (Å²) in [5, 5.41) is 9.36. The molecule has 7 heteroatoms. The maximum atomic E-state index is 12.0. The maximum Gasteiger partial charge on any atom is 0.314 e. The molecular weight excluding hydrogens is 318 g/mol. The van der Waals surface area contributed by atoms with Crippen LogP contribution in [0.1, 0.15) is 19.3 Å². The van der Waals surface area contributed by atoms with E-state index in [1.54, 1.807) is 41.3 Å². The number of benzene rings is 1. The lowest BCUT2D eigenvalue weighted by Crippen LogP contribution is -2.32. The van der Waals surface area contributed by atoms with E-state index in [0.717, 1.165) is 26.2 Å². The molecule has 1 aromatic carbocycles. The van der Waals surface area contributed by atoms with Gasteiger partial charge in [-0.25, -0.2) is 0 Å². The zero-order chi connectivity index (χ0) is 17.5. The molecule has 1 fully saturated rings. The van der Waals surface area contributed by atoms with Crippen LogP contribution in [0.3, 0.4) is 0 Å². The molecule has 1 aromatic heterocycles. The van der Waals surface area contributed by atoms with Crippen molar-refractivity contribution in [1.82, 2.24) is 14.7 Å². The van der Waals surface area contributed by atoms with Crippen LogP contribution in [0.5, 0.6) is 0 Å². The third kappa shape index (κ3) is 5.15. The van der Waals surface area contributed by atoms with E-state index in [2.05, 4.69) is 20.6 Å². The van der Waals surface area contributed by atoms with E-state index in [1.165, 1.54) is 19.3 Å². The number of aromatic nitrogens is 2. The first-order valence-corrected chi connectivity index (χ1v) is 8.63. The van der Waals surface area contributed by atoms with Crippen molar-refractivity contribution in [1.29, 1.82) is 0 Å². The van der Waals surface area contributed by atoms with Crippen molar-refractivity contribution in [2.75, 3.05) is 30.3 Å². The molecule has 132 valence electrons. The third-order valence-corrected chi connectivity index (χ3v) is 4.22. The Morgan fingerprint density at radius 3 is 2.32 bits per heavy atom. The average molecular weight is 341 g/mol. The molecule has 2 aromatic rings. The number of rotatable bonds is 5. The summed E-state index contributed by atoms with van der Waals surface area (Å²) < 4.78 is 1.79. The third-order valence-electron chi connectivity index (χ3n) is 4.22. The van der Waals surface area contributed by atoms with Gasteiger partial charge in [-0.2, -0.15) is 5.10 Å². The summed E-state index contributed by atoms with van der Waals surface area (Å²) in [5.41, 5.74) is 1.10. The molecule has 0 bridgehead atoms. The summed E-state index contributed by atoms with van der Waals surface area (Å²) in [5.74, 6) is -1.41. The number of amides is 2. The predicted molar refractivity (Wildman–Crippen MR) is 96.2 cm³/mol. The van der Waals surface area contributed by atoms with Crippen LogP contribution >= 0.6 is 0 Å². The first-order valence-electron chi connectivity index (χ1n) is 8.63. The van der Waals surface area contributed by atoms with Crippen molar-refractivity contribution in [2.45, 2.75) is 25.8 Å². The molecule has 0 saturated carbocycles. The summed E-state index contributed by atoms with van der Waals surface area (Å²) in [6.07, 6.45) is 7.15. The molecule has 0 atom stereocenters. The van der Waals surface area contributed by atoms with E-state index in [-0.39, 0.29) is 0 Å². The van der Waals surface area contributed by atoms with Crippen molar-refractivity contribution in [2.24, 2.45) is 0 Å². The van der Waals surface area contributed by atoms with Crippen LogP contribution < -0.4 is 10.6 Å². The SMILES string of the molecule is O=C(Nc1ccccc1)C(=O)Nc1cnn(CCN2CCCCC2)c1. The maximum absolute atomic E-state index is 12.0. The fourth-order valence-corrected chi connectivity index (χ4v) is 2.87. The zero-order valence-corrected chi connectivity index (χ0v) is 14.1. The van der Waals surface area contributed by atoms with Crippen LogP contribution in [0, 0.1) is 0 Å². The highest BCUT2D eigenvalue weighted by Crippen LogP contribution is 2.10. The number of para-hydroxylation sites is 1. The monoisotopic (exact) mass is 341 g/mol. The van der Waals surface area contributed by atoms with E-state index in [0.29, 0.717) is 11.4 Å². The number of carbonyl (C=O) groups excluding carboxylic acids is 2. The first-order chi connectivity index (χ1) is 12.2. The topological polar surface area (TPSA) is 79.3 Å². The Labute approximate surface area is 147 Å². The molecule has 2 N–H and O–H groups in total. The Morgan fingerprint density at radius 2 is 1.60 bits per heavy atom. The Kier molecular flexibility index (Phi) is 5.79. The van der Waals surface area contributed by atoms with Crippen molar-refractivity contribution in [3.05, 3.63) is 42.7 Å². The largest absolute Gasteiger partial charge is 0.318 e. The van der Waals surface area contributed by atoms with Crippen LogP contribution in [0.4, 0.5) is 11.4 Å². The second kappa shape index (κ2) is 8.43. The van der Waals surface area contributed by atoms with E-state index >= 15 is 0 Å². The van der Waals surface area contributed by atoms with Crippen molar-refractivity contribution < 1.29 is 9.59 Å². The number of nitrogens with zero attached hydrogens (tertiary/aromatic N) is 3. The number of hydrogen-bond donors (Lipinski definition) is 2. The molecule has 3 rings (SSSR count). The van der Waals surface area contributed by atoms with Crippen LogP contribution in [-0.2, 0) is 16.1 Å². The molecular formula is C18H23N5O2. The minimum absolute atomic E-state index is 0.520. The molecule has 1 aliphatic rings. The highest BCUT2D eigenvalue weighted by molar-refractivity contribution is 6.43. The smallest absolute Gasteiger partial charge is 0.314 e. The number of anilines is 2. The van der Waals surface area contributed by atoms with E-state index < -0.39 is 11.8 Å². The first kappa shape index (κ1) is 17.2. The Bertz CT molecular complexity index is 707. The van der Waals surface area contributed by atoms with Gasteiger partial charge in [0.05, 0.1) is 18.4 Å². The second-order valence-electron chi connectivity index (χ2n) is 6.17. The van der Waals surface area contributed by atoms with Crippen LogP contribution in [0.2, 0.25) is 0 Å². The van der Waals surface area contributed by atoms with Gasteiger partial charge in [-0.1, -0.05) is 24.6 Å². The number of piperidine rings is 1. The minimum atomic E-state index is -0.709. The van der Waals surface area contributed by atoms with Gasteiger partial charge in [-0.15, -0.1) is 0 Å². The molecule has 0 aliphatic carbocycles. The Morgan fingerprint density at radius 1 is 0.920 bits per heavy atom.